The molecular weight excluding hydrogens is 171 g/mol. The summed E-state index contributed by atoms with van der Waals surface area (Å²) >= 11 is 0. The number of halogens is 1. The maximum atomic E-state index is 12.2. The van der Waals surface area contributed by atoms with Crippen molar-refractivity contribution in [1.29, 1.82) is 0 Å². The highest BCUT2D eigenvalue weighted by molar-refractivity contribution is 5.58. The largest absolute Gasteiger partial charge is 0.496 e. The maximum Gasteiger partial charge on any atom is 0.496 e. The lowest BCUT2D eigenvalue weighted by atomic mass is 9.77. The molecule has 0 aromatic rings. The molecule has 3 heteroatoms. The van der Waals surface area contributed by atoms with E-state index in [0.717, 1.165) is 32.1 Å². The molecule has 2 nitrogen and oxygen atoms in total. The average molecular weight is 188 g/mol. The summed E-state index contributed by atoms with van der Waals surface area (Å²) in [5.74, 6) is 0.201. The second kappa shape index (κ2) is 4.07. The molecule has 1 aliphatic rings. The van der Waals surface area contributed by atoms with Crippen LogP contribution in [-0.2, 0) is 4.74 Å². The van der Waals surface area contributed by atoms with Crippen LogP contribution in [0, 0.1) is 5.92 Å². The normalized spacial score (nSPS) is 21.5. The second-order valence-electron chi connectivity index (χ2n) is 4.12. The van der Waals surface area contributed by atoms with E-state index in [2.05, 4.69) is 0 Å². The van der Waals surface area contributed by atoms with Gasteiger partial charge in [-0.05, 0) is 31.6 Å². The summed E-state index contributed by atoms with van der Waals surface area (Å²) < 4.78 is 17.1. The molecule has 0 radical (unpaired) electrons. The fraction of sp³-hybridized carbons (Fsp3) is 0.900. The van der Waals surface area contributed by atoms with Crippen molar-refractivity contribution in [3.8, 4) is 0 Å². The van der Waals surface area contributed by atoms with Gasteiger partial charge in [-0.2, -0.15) is 0 Å². The van der Waals surface area contributed by atoms with Crippen molar-refractivity contribution < 1.29 is 13.9 Å². The first-order chi connectivity index (χ1) is 6.07. The van der Waals surface area contributed by atoms with Gasteiger partial charge in [-0.3, -0.25) is 0 Å². The molecule has 13 heavy (non-hydrogen) atoms. The van der Waals surface area contributed by atoms with Gasteiger partial charge in [0.25, 0.3) is 0 Å². The first kappa shape index (κ1) is 10.5. The van der Waals surface area contributed by atoms with Crippen molar-refractivity contribution in [2.75, 3.05) is 0 Å². The lowest BCUT2D eigenvalue weighted by Crippen LogP contribution is -2.41. The monoisotopic (exact) mass is 188 g/mol. The van der Waals surface area contributed by atoms with Crippen molar-refractivity contribution in [1.82, 2.24) is 0 Å². The lowest BCUT2D eigenvalue weighted by molar-refractivity contribution is -0.0603. The van der Waals surface area contributed by atoms with E-state index >= 15 is 0 Å². The highest BCUT2D eigenvalue weighted by atomic mass is 19.1. The third-order valence-corrected chi connectivity index (χ3v) is 3.04. The molecule has 0 spiro atoms. The minimum absolute atomic E-state index is 0.201. The quantitative estimate of drug-likeness (QED) is 0.620. The van der Waals surface area contributed by atoms with Crippen LogP contribution >= 0.6 is 0 Å². The van der Waals surface area contributed by atoms with E-state index in [1.54, 1.807) is 0 Å². The molecule has 0 unspecified atom stereocenters. The van der Waals surface area contributed by atoms with Gasteiger partial charge in [0.2, 0.25) is 0 Å². The van der Waals surface area contributed by atoms with E-state index in [1.807, 2.05) is 13.8 Å². The van der Waals surface area contributed by atoms with E-state index in [4.69, 9.17) is 4.74 Å². The number of carbonyl (C=O) groups is 1. The smallest absolute Gasteiger partial charge is 0.433 e. The van der Waals surface area contributed by atoms with E-state index in [9.17, 15) is 9.18 Å². The SMILES string of the molecule is CC(C)C1(OC(=O)F)CCCCC1. The summed E-state index contributed by atoms with van der Waals surface area (Å²) in [4.78, 5) is 10.3. The van der Waals surface area contributed by atoms with Crippen molar-refractivity contribution in [3.63, 3.8) is 0 Å². The predicted molar refractivity (Wildman–Crippen MR) is 48.2 cm³/mol. The first-order valence-corrected chi connectivity index (χ1v) is 4.95. The molecule has 1 fully saturated rings. The minimum Gasteiger partial charge on any atom is -0.433 e. The van der Waals surface area contributed by atoms with Gasteiger partial charge in [-0.15, -0.1) is 4.39 Å². The molecule has 1 rings (SSSR count). The van der Waals surface area contributed by atoms with Gasteiger partial charge in [-0.1, -0.05) is 20.3 Å². The Balaban J connectivity index is 2.67. The zero-order valence-corrected chi connectivity index (χ0v) is 8.31. The van der Waals surface area contributed by atoms with Gasteiger partial charge in [0, 0.05) is 0 Å². The molecule has 0 aromatic carbocycles. The van der Waals surface area contributed by atoms with Gasteiger partial charge in [0.05, 0.1) is 0 Å². The van der Waals surface area contributed by atoms with Crippen molar-refractivity contribution >= 4 is 6.22 Å². The summed E-state index contributed by atoms with van der Waals surface area (Å²) in [6.07, 6.45) is 3.21. The van der Waals surface area contributed by atoms with Gasteiger partial charge < -0.3 is 4.74 Å². The topological polar surface area (TPSA) is 26.3 Å². The molecular formula is C10H17FO2. The van der Waals surface area contributed by atoms with Crippen LogP contribution in [0.15, 0.2) is 0 Å². The summed E-state index contributed by atoms with van der Waals surface area (Å²) in [6, 6.07) is 0. The summed E-state index contributed by atoms with van der Waals surface area (Å²) in [5.41, 5.74) is -0.524. The number of ether oxygens (including phenoxy) is 1. The predicted octanol–water partition coefficient (Wildman–Crippen LogP) is 3.45. The molecule has 76 valence electrons. The van der Waals surface area contributed by atoms with Gasteiger partial charge in [-0.25, -0.2) is 4.79 Å². The fourth-order valence-electron chi connectivity index (χ4n) is 2.11. The van der Waals surface area contributed by atoms with Crippen LogP contribution in [0.4, 0.5) is 9.18 Å². The molecule has 0 aliphatic heterocycles. The third kappa shape index (κ3) is 2.42. The van der Waals surface area contributed by atoms with Crippen LogP contribution < -0.4 is 0 Å². The average Bonchev–Trinajstić information content (AvgIpc) is 2.04. The zero-order chi connectivity index (χ0) is 9.90. The third-order valence-electron chi connectivity index (χ3n) is 3.04. The molecule has 0 amide bonds. The number of hydrogen-bond donors (Lipinski definition) is 0. The molecule has 0 aromatic heterocycles. The maximum absolute atomic E-state index is 12.2. The van der Waals surface area contributed by atoms with Crippen molar-refractivity contribution in [2.45, 2.75) is 51.6 Å². The van der Waals surface area contributed by atoms with Crippen molar-refractivity contribution in [3.05, 3.63) is 0 Å². The highest BCUT2D eigenvalue weighted by Gasteiger charge is 2.39. The second-order valence-corrected chi connectivity index (χ2v) is 4.12. The van der Waals surface area contributed by atoms with E-state index < -0.39 is 11.8 Å². The Labute approximate surface area is 78.5 Å². The first-order valence-electron chi connectivity index (χ1n) is 4.95. The van der Waals surface area contributed by atoms with E-state index in [0.29, 0.717) is 0 Å². The standard InChI is InChI=1S/C10H17FO2/c1-8(2)10(13-9(11)12)6-4-3-5-7-10/h8H,3-7H2,1-2H3. The lowest BCUT2D eigenvalue weighted by Gasteiger charge is -2.38. The van der Waals surface area contributed by atoms with Crippen LogP contribution in [0.1, 0.15) is 46.0 Å². The Bertz CT molecular complexity index is 183. The summed E-state index contributed by atoms with van der Waals surface area (Å²) in [7, 11) is 0. The molecule has 0 atom stereocenters. The molecule has 0 saturated heterocycles. The number of rotatable bonds is 2. The Morgan fingerprint density at radius 2 is 1.85 bits per heavy atom. The van der Waals surface area contributed by atoms with E-state index in [-0.39, 0.29) is 5.92 Å². The van der Waals surface area contributed by atoms with Crippen LogP contribution in [-0.4, -0.2) is 11.8 Å². The highest BCUT2D eigenvalue weighted by Crippen LogP contribution is 2.37. The Morgan fingerprint density at radius 3 is 2.23 bits per heavy atom. The Morgan fingerprint density at radius 1 is 1.31 bits per heavy atom. The van der Waals surface area contributed by atoms with Crippen molar-refractivity contribution in [2.24, 2.45) is 5.92 Å². The minimum atomic E-state index is -1.63. The molecule has 0 N–H and O–H groups in total. The van der Waals surface area contributed by atoms with Gasteiger partial charge in [0.1, 0.15) is 5.60 Å². The van der Waals surface area contributed by atoms with Crippen LogP contribution in [0.3, 0.4) is 0 Å². The van der Waals surface area contributed by atoms with E-state index in [1.165, 1.54) is 0 Å². The number of carbonyl (C=O) groups excluding carboxylic acids is 1. The fourth-order valence-corrected chi connectivity index (χ4v) is 2.11. The summed E-state index contributed by atoms with van der Waals surface area (Å²) in [5, 5.41) is 0. The van der Waals surface area contributed by atoms with Gasteiger partial charge in [0.15, 0.2) is 0 Å². The number of hydrogen-bond acceptors (Lipinski definition) is 2. The summed E-state index contributed by atoms with van der Waals surface area (Å²) in [6.45, 7) is 3.96. The van der Waals surface area contributed by atoms with Crippen LogP contribution in [0.2, 0.25) is 0 Å². The molecule has 1 saturated carbocycles. The Hall–Kier alpha value is -0.600. The van der Waals surface area contributed by atoms with Gasteiger partial charge >= 0.3 is 6.22 Å². The van der Waals surface area contributed by atoms with Crippen LogP contribution in [0.5, 0.6) is 0 Å². The molecule has 0 heterocycles. The zero-order valence-electron chi connectivity index (χ0n) is 8.31. The Kier molecular flexibility index (Phi) is 3.28. The molecule has 0 bridgehead atoms. The molecule has 1 aliphatic carbocycles. The van der Waals surface area contributed by atoms with Crippen LogP contribution in [0.25, 0.3) is 0 Å².